The number of anilines is 1. The minimum atomic E-state index is -3.17. The molecule has 0 radical (unpaired) electrons. The van der Waals surface area contributed by atoms with Crippen LogP contribution in [0.1, 0.15) is 12.0 Å². The number of sulfone groups is 1. The lowest BCUT2D eigenvalue weighted by Crippen LogP contribution is -2.43. The van der Waals surface area contributed by atoms with Gasteiger partial charge in [-0.1, -0.05) is 6.07 Å². The van der Waals surface area contributed by atoms with Crippen LogP contribution in [0, 0.1) is 6.92 Å². The predicted molar refractivity (Wildman–Crippen MR) is 69.1 cm³/mol. The van der Waals surface area contributed by atoms with E-state index in [1.54, 1.807) is 6.07 Å². The molecule has 1 aliphatic rings. The Balaban J connectivity index is 2.53. The summed E-state index contributed by atoms with van der Waals surface area (Å²) in [4.78, 5) is 2.48. The van der Waals surface area contributed by atoms with Crippen molar-refractivity contribution in [1.29, 1.82) is 0 Å². The quantitative estimate of drug-likeness (QED) is 0.853. The van der Waals surface area contributed by atoms with Crippen LogP contribution in [-0.2, 0) is 9.84 Å². The summed E-state index contributed by atoms with van der Waals surface area (Å²) >= 11 is 0. The molecule has 0 aliphatic carbocycles. The van der Waals surface area contributed by atoms with E-state index in [1.165, 1.54) is 0 Å². The molecular formula is C12H18N2O2S. The molecule has 17 heavy (non-hydrogen) atoms. The van der Waals surface area contributed by atoms with Crippen LogP contribution >= 0.6 is 0 Å². The second-order valence-corrected chi connectivity index (χ2v) is 6.60. The third-order valence-electron chi connectivity index (χ3n) is 3.29. The molecule has 0 saturated heterocycles. The Hall–Kier alpha value is -1.07. The number of nitrogens with zero attached hydrogens (tertiary/aromatic N) is 1. The van der Waals surface area contributed by atoms with Gasteiger partial charge in [-0.05, 0) is 37.6 Å². The summed E-state index contributed by atoms with van der Waals surface area (Å²) in [5.74, 6) is 0.164. The van der Waals surface area contributed by atoms with Crippen molar-refractivity contribution in [3.63, 3.8) is 0 Å². The van der Waals surface area contributed by atoms with Gasteiger partial charge in [-0.25, -0.2) is 8.42 Å². The number of rotatable bonds is 2. The fourth-order valence-corrected chi connectivity index (χ4v) is 4.26. The van der Waals surface area contributed by atoms with Gasteiger partial charge in [0, 0.05) is 13.1 Å². The summed E-state index contributed by atoms with van der Waals surface area (Å²) in [6.07, 6.45) is 0.697. The van der Waals surface area contributed by atoms with E-state index in [-0.39, 0.29) is 11.8 Å². The maximum atomic E-state index is 12.2. The molecule has 0 fully saturated rings. The first kappa shape index (κ1) is 12.4. The third-order valence-corrected chi connectivity index (χ3v) is 5.11. The Morgan fingerprint density at radius 2 is 2.18 bits per heavy atom. The zero-order chi connectivity index (χ0) is 12.6. The molecule has 1 heterocycles. The van der Waals surface area contributed by atoms with Crippen molar-refractivity contribution in [2.24, 2.45) is 5.73 Å². The smallest absolute Gasteiger partial charge is 0.182 e. The number of aryl methyl sites for hydroxylation is 1. The average molecular weight is 254 g/mol. The fourth-order valence-electron chi connectivity index (χ4n) is 2.28. The lowest BCUT2D eigenvalue weighted by molar-refractivity contribution is 0.560. The molecule has 4 nitrogen and oxygen atoms in total. The van der Waals surface area contributed by atoms with Crippen LogP contribution in [0.15, 0.2) is 23.1 Å². The molecule has 1 unspecified atom stereocenters. The zero-order valence-corrected chi connectivity index (χ0v) is 11.0. The summed E-state index contributed by atoms with van der Waals surface area (Å²) in [7, 11) is -1.23. The van der Waals surface area contributed by atoms with Crippen LogP contribution in [0.3, 0.4) is 0 Å². The van der Waals surface area contributed by atoms with Crippen LogP contribution in [0.2, 0.25) is 0 Å². The molecular weight excluding hydrogens is 236 g/mol. The molecule has 1 atom stereocenters. The molecule has 0 saturated carbocycles. The van der Waals surface area contributed by atoms with Gasteiger partial charge >= 0.3 is 0 Å². The van der Waals surface area contributed by atoms with E-state index in [4.69, 9.17) is 5.73 Å². The van der Waals surface area contributed by atoms with E-state index >= 15 is 0 Å². The molecule has 1 aromatic carbocycles. The van der Waals surface area contributed by atoms with Crippen molar-refractivity contribution in [1.82, 2.24) is 0 Å². The molecule has 94 valence electrons. The maximum Gasteiger partial charge on any atom is 0.182 e. The van der Waals surface area contributed by atoms with Crippen LogP contribution in [0.25, 0.3) is 0 Å². The van der Waals surface area contributed by atoms with E-state index in [0.29, 0.717) is 17.9 Å². The zero-order valence-electron chi connectivity index (χ0n) is 10.2. The molecule has 1 aromatic rings. The Morgan fingerprint density at radius 3 is 2.82 bits per heavy atom. The van der Waals surface area contributed by atoms with E-state index < -0.39 is 9.84 Å². The Morgan fingerprint density at radius 1 is 1.47 bits per heavy atom. The third kappa shape index (κ3) is 2.17. The van der Waals surface area contributed by atoms with E-state index in [2.05, 4.69) is 0 Å². The van der Waals surface area contributed by atoms with Crippen LogP contribution in [0.4, 0.5) is 5.69 Å². The second kappa shape index (κ2) is 4.31. The molecule has 2 rings (SSSR count). The fraction of sp³-hybridized carbons (Fsp3) is 0.500. The molecule has 1 aliphatic heterocycles. The number of benzene rings is 1. The SMILES string of the molecule is Cc1ccc2c(c1)S(=O)(=O)CC(CCN)N2C. The van der Waals surface area contributed by atoms with Gasteiger partial charge in [0.15, 0.2) is 9.84 Å². The van der Waals surface area contributed by atoms with Crippen molar-refractivity contribution in [3.8, 4) is 0 Å². The van der Waals surface area contributed by atoms with Crippen molar-refractivity contribution in [2.45, 2.75) is 24.3 Å². The first-order valence-corrected chi connectivity index (χ1v) is 7.37. The first-order chi connectivity index (χ1) is 7.95. The van der Waals surface area contributed by atoms with Gasteiger partial charge in [-0.2, -0.15) is 0 Å². The van der Waals surface area contributed by atoms with Crippen molar-refractivity contribution in [3.05, 3.63) is 23.8 Å². The van der Waals surface area contributed by atoms with Gasteiger partial charge in [0.2, 0.25) is 0 Å². The highest BCUT2D eigenvalue weighted by Gasteiger charge is 2.33. The summed E-state index contributed by atoms with van der Waals surface area (Å²) in [5, 5.41) is 0. The van der Waals surface area contributed by atoms with E-state index in [0.717, 1.165) is 11.3 Å². The summed E-state index contributed by atoms with van der Waals surface area (Å²) in [6, 6.07) is 5.56. The van der Waals surface area contributed by atoms with Crippen LogP contribution in [-0.4, -0.2) is 33.8 Å². The summed E-state index contributed by atoms with van der Waals surface area (Å²) in [6.45, 7) is 2.41. The monoisotopic (exact) mass is 254 g/mol. The average Bonchev–Trinajstić information content (AvgIpc) is 2.26. The topological polar surface area (TPSA) is 63.4 Å². The van der Waals surface area contributed by atoms with Gasteiger partial charge in [0.1, 0.15) is 0 Å². The lowest BCUT2D eigenvalue weighted by Gasteiger charge is -2.35. The molecule has 2 N–H and O–H groups in total. The highest BCUT2D eigenvalue weighted by atomic mass is 32.2. The normalized spacial score (nSPS) is 22.3. The standard InChI is InChI=1S/C12H18N2O2S/c1-9-3-4-11-12(7-9)17(15,16)8-10(5-6-13)14(11)2/h3-4,7,10H,5-6,8,13H2,1-2H3. The summed E-state index contributed by atoms with van der Waals surface area (Å²) in [5.41, 5.74) is 7.30. The van der Waals surface area contributed by atoms with E-state index in [9.17, 15) is 8.42 Å². The predicted octanol–water partition coefficient (Wildman–Crippen LogP) is 0.936. The number of hydrogen-bond acceptors (Lipinski definition) is 4. The Kier molecular flexibility index (Phi) is 3.14. The Labute approximate surface area is 102 Å². The molecule has 0 bridgehead atoms. The van der Waals surface area contributed by atoms with Gasteiger partial charge < -0.3 is 10.6 Å². The van der Waals surface area contributed by atoms with Crippen LogP contribution < -0.4 is 10.6 Å². The molecule has 0 amide bonds. The highest BCUT2D eigenvalue weighted by Crippen LogP contribution is 2.33. The summed E-state index contributed by atoms with van der Waals surface area (Å²) < 4.78 is 24.4. The highest BCUT2D eigenvalue weighted by molar-refractivity contribution is 7.91. The molecule has 0 aromatic heterocycles. The van der Waals surface area contributed by atoms with Gasteiger partial charge in [0.05, 0.1) is 16.3 Å². The van der Waals surface area contributed by atoms with Crippen LogP contribution in [0.5, 0.6) is 0 Å². The van der Waals surface area contributed by atoms with Crippen molar-refractivity contribution < 1.29 is 8.42 Å². The lowest BCUT2D eigenvalue weighted by atomic mass is 10.1. The Bertz CT molecular complexity index is 525. The maximum absolute atomic E-state index is 12.2. The first-order valence-electron chi connectivity index (χ1n) is 5.72. The minimum Gasteiger partial charge on any atom is -0.369 e. The van der Waals surface area contributed by atoms with Crippen molar-refractivity contribution in [2.75, 3.05) is 24.2 Å². The van der Waals surface area contributed by atoms with E-state index in [1.807, 2.05) is 31.0 Å². The number of fused-ring (bicyclic) bond motifs is 1. The van der Waals surface area contributed by atoms with Gasteiger partial charge in [0.25, 0.3) is 0 Å². The van der Waals surface area contributed by atoms with Gasteiger partial charge in [-0.3, -0.25) is 0 Å². The van der Waals surface area contributed by atoms with Gasteiger partial charge in [-0.15, -0.1) is 0 Å². The number of hydrogen-bond donors (Lipinski definition) is 1. The molecule has 5 heteroatoms. The number of nitrogens with two attached hydrogens (primary N) is 1. The second-order valence-electron chi connectivity index (χ2n) is 4.59. The van der Waals surface area contributed by atoms with Crippen molar-refractivity contribution >= 4 is 15.5 Å². The largest absolute Gasteiger partial charge is 0.369 e. The minimum absolute atomic E-state index is 0.0137. The molecule has 0 spiro atoms.